The van der Waals surface area contributed by atoms with Crippen molar-refractivity contribution in [3.8, 4) is 0 Å². The molecule has 2 aromatic carbocycles. The second-order valence-electron chi connectivity index (χ2n) is 9.49. The zero-order valence-corrected chi connectivity index (χ0v) is 20.9. The zero-order valence-electron chi connectivity index (χ0n) is 20.0. The van der Waals surface area contributed by atoms with Crippen LogP contribution < -0.4 is 14.9 Å². The molecular formula is C26H35N3O4S. The average Bonchev–Trinajstić information content (AvgIpc) is 2.85. The smallest absolute Gasteiger partial charge is 0.245 e. The number of aryl methyl sites for hydroxylation is 1. The molecule has 4 rings (SSSR count). The minimum atomic E-state index is -3.83. The van der Waals surface area contributed by atoms with E-state index in [0.29, 0.717) is 24.6 Å². The predicted molar refractivity (Wildman–Crippen MR) is 135 cm³/mol. The summed E-state index contributed by atoms with van der Waals surface area (Å²) in [6.07, 6.45) is 5.89. The maximum Gasteiger partial charge on any atom is 0.245 e. The van der Waals surface area contributed by atoms with E-state index in [1.807, 2.05) is 37.3 Å². The Bertz CT molecular complexity index is 1090. The number of nitrogens with one attached hydrogen (secondary N) is 2. The molecule has 184 valence electrons. The Balaban J connectivity index is 1.48. The van der Waals surface area contributed by atoms with Crippen molar-refractivity contribution in [1.29, 1.82) is 0 Å². The highest BCUT2D eigenvalue weighted by Gasteiger charge is 2.43. The van der Waals surface area contributed by atoms with Gasteiger partial charge >= 0.3 is 0 Å². The van der Waals surface area contributed by atoms with Gasteiger partial charge in [-0.3, -0.25) is 4.79 Å². The number of anilines is 2. The molecule has 2 fully saturated rings. The zero-order chi connectivity index (χ0) is 24.2. The number of sulfonamides is 1. The van der Waals surface area contributed by atoms with Crippen LogP contribution in [0, 0.1) is 6.92 Å². The van der Waals surface area contributed by atoms with Gasteiger partial charge < -0.3 is 15.0 Å². The molecule has 1 saturated heterocycles. The monoisotopic (exact) mass is 485 g/mol. The van der Waals surface area contributed by atoms with Crippen LogP contribution in [0.1, 0.15) is 50.5 Å². The minimum Gasteiger partial charge on any atom is -0.381 e. The summed E-state index contributed by atoms with van der Waals surface area (Å²) >= 11 is 0. The molecule has 7 nitrogen and oxygen atoms in total. The number of ether oxygens (including phenoxy) is 1. The molecule has 0 bridgehead atoms. The summed E-state index contributed by atoms with van der Waals surface area (Å²) in [5.41, 5.74) is 1.48. The second kappa shape index (κ2) is 10.5. The largest absolute Gasteiger partial charge is 0.381 e. The highest BCUT2D eigenvalue weighted by Crippen LogP contribution is 2.32. The molecule has 0 aromatic heterocycles. The van der Waals surface area contributed by atoms with E-state index in [1.165, 1.54) is 0 Å². The molecule has 2 N–H and O–H groups in total. The first kappa shape index (κ1) is 24.7. The van der Waals surface area contributed by atoms with Crippen LogP contribution in [0.3, 0.4) is 0 Å². The first-order valence-electron chi connectivity index (χ1n) is 12.1. The normalized spacial score (nSPS) is 19.1. The van der Waals surface area contributed by atoms with Gasteiger partial charge in [-0.05, 0) is 74.6 Å². The molecular weight excluding hydrogens is 450 g/mol. The quantitative estimate of drug-likeness (QED) is 0.613. The number of nitrogens with zero attached hydrogens (tertiary/aromatic N) is 1. The lowest BCUT2D eigenvalue weighted by Gasteiger charge is -2.36. The van der Waals surface area contributed by atoms with Crippen molar-refractivity contribution in [3.63, 3.8) is 0 Å². The van der Waals surface area contributed by atoms with E-state index >= 15 is 0 Å². The molecule has 34 heavy (non-hydrogen) atoms. The van der Waals surface area contributed by atoms with Crippen LogP contribution in [0.4, 0.5) is 11.4 Å². The SMILES string of the molecule is COC1CCN(c2ccc(NC(=O)C3(NS(=O)(=O)c4cccc(C)c4)CCCCC3)cc2)CC1. The summed E-state index contributed by atoms with van der Waals surface area (Å²) in [6, 6.07) is 14.6. The molecule has 0 unspecified atom stereocenters. The number of hydrogen-bond acceptors (Lipinski definition) is 5. The molecule has 0 radical (unpaired) electrons. The maximum absolute atomic E-state index is 13.5. The first-order chi connectivity index (χ1) is 16.3. The average molecular weight is 486 g/mol. The topological polar surface area (TPSA) is 87.7 Å². The van der Waals surface area contributed by atoms with Crippen molar-refractivity contribution in [2.75, 3.05) is 30.4 Å². The lowest BCUT2D eigenvalue weighted by molar-refractivity contribution is -0.122. The first-order valence-corrected chi connectivity index (χ1v) is 13.6. The summed E-state index contributed by atoms with van der Waals surface area (Å²) in [5, 5.41) is 2.98. The van der Waals surface area contributed by atoms with Crippen LogP contribution >= 0.6 is 0 Å². The Morgan fingerprint density at radius 3 is 2.32 bits per heavy atom. The van der Waals surface area contributed by atoms with Gasteiger partial charge in [-0.25, -0.2) is 8.42 Å². The third kappa shape index (κ3) is 5.62. The van der Waals surface area contributed by atoms with E-state index in [0.717, 1.165) is 56.4 Å². The van der Waals surface area contributed by atoms with Crippen molar-refractivity contribution in [2.45, 2.75) is 68.4 Å². The summed E-state index contributed by atoms with van der Waals surface area (Å²) in [6.45, 7) is 3.73. The van der Waals surface area contributed by atoms with Gasteiger partial charge in [-0.15, -0.1) is 0 Å². The number of hydrogen-bond donors (Lipinski definition) is 2. The molecule has 1 saturated carbocycles. The lowest BCUT2D eigenvalue weighted by atomic mass is 9.82. The summed E-state index contributed by atoms with van der Waals surface area (Å²) in [7, 11) is -2.07. The number of benzene rings is 2. The molecule has 2 aromatic rings. The fraction of sp³-hybridized carbons (Fsp3) is 0.500. The van der Waals surface area contributed by atoms with Crippen LogP contribution in [0.2, 0.25) is 0 Å². The van der Waals surface area contributed by atoms with Crippen molar-refractivity contribution in [1.82, 2.24) is 4.72 Å². The van der Waals surface area contributed by atoms with Crippen molar-refractivity contribution in [2.24, 2.45) is 0 Å². The fourth-order valence-electron chi connectivity index (χ4n) is 4.99. The molecule has 2 aliphatic rings. The molecule has 0 spiro atoms. The van der Waals surface area contributed by atoms with Crippen LogP contribution in [0.15, 0.2) is 53.4 Å². The van der Waals surface area contributed by atoms with Gasteiger partial charge in [0.25, 0.3) is 0 Å². The number of piperidine rings is 1. The summed E-state index contributed by atoms with van der Waals surface area (Å²) in [4.78, 5) is 16.0. The predicted octanol–water partition coefficient (Wildman–Crippen LogP) is 4.23. The molecule has 1 amide bonds. The van der Waals surface area contributed by atoms with Gasteiger partial charge in [0, 0.05) is 31.6 Å². The van der Waals surface area contributed by atoms with Gasteiger partial charge in [-0.1, -0.05) is 31.4 Å². The molecule has 1 aliphatic heterocycles. The van der Waals surface area contributed by atoms with Gasteiger partial charge in [0.15, 0.2) is 0 Å². The number of methoxy groups -OCH3 is 1. The Morgan fingerprint density at radius 1 is 1.03 bits per heavy atom. The minimum absolute atomic E-state index is 0.187. The van der Waals surface area contributed by atoms with Crippen LogP contribution in [0.25, 0.3) is 0 Å². The van der Waals surface area contributed by atoms with Crippen molar-refractivity contribution in [3.05, 3.63) is 54.1 Å². The molecule has 1 heterocycles. The maximum atomic E-state index is 13.5. The number of amides is 1. The fourth-order valence-corrected chi connectivity index (χ4v) is 6.51. The number of rotatable bonds is 7. The van der Waals surface area contributed by atoms with E-state index < -0.39 is 15.6 Å². The number of carbonyl (C=O) groups excluding carboxylic acids is 1. The van der Waals surface area contributed by atoms with Crippen molar-refractivity contribution >= 4 is 27.3 Å². The second-order valence-corrected chi connectivity index (χ2v) is 11.2. The van der Waals surface area contributed by atoms with E-state index in [-0.39, 0.29) is 10.8 Å². The van der Waals surface area contributed by atoms with E-state index in [4.69, 9.17) is 4.74 Å². The Labute approximate surface area is 202 Å². The van der Waals surface area contributed by atoms with Gasteiger partial charge in [0.2, 0.25) is 15.9 Å². The van der Waals surface area contributed by atoms with Crippen LogP contribution in [-0.2, 0) is 19.6 Å². The van der Waals surface area contributed by atoms with E-state index in [9.17, 15) is 13.2 Å². The molecule has 1 aliphatic carbocycles. The standard InChI is InChI=1S/C26H35N3O4S/c1-20-7-6-8-24(19-20)34(31,32)28-26(15-4-3-5-16-26)25(30)27-21-9-11-22(12-10-21)29-17-13-23(33-2)14-18-29/h6-12,19,23,28H,3-5,13-18H2,1-2H3,(H,27,30). The lowest BCUT2D eigenvalue weighted by Crippen LogP contribution is -2.57. The molecule has 0 atom stereocenters. The van der Waals surface area contributed by atoms with E-state index in [2.05, 4.69) is 14.9 Å². The van der Waals surface area contributed by atoms with Crippen molar-refractivity contribution < 1.29 is 17.9 Å². The summed E-state index contributed by atoms with van der Waals surface area (Å²) in [5.74, 6) is -0.294. The van der Waals surface area contributed by atoms with E-state index in [1.54, 1.807) is 25.3 Å². The third-order valence-corrected chi connectivity index (χ3v) is 8.57. The molecule has 8 heteroatoms. The highest BCUT2D eigenvalue weighted by atomic mass is 32.2. The third-order valence-electron chi connectivity index (χ3n) is 7.04. The Morgan fingerprint density at radius 2 is 1.71 bits per heavy atom. The van der Waals surface area contributed by atoms with Gasteiger partial charge in [0.05, 0.1) is 11.0 Å². The highest BCUT2D eigenvalue weighted by molar-refractivity contribution is 7.89. The number of carbonyl (C=O) groups is 1. The van der Waals surface area contributed by atoms with Crippen LogP contribution in [0.5, 0.6) is 0 Å². The summed E-state index contributed by atoms with van der Waals surface area (Å²) < 4.78 is 34.6. The van der Waals surface area contributed by atoms with Gasteiger partial charge in [-0.2, -0.15) is 4.72 Å². The van der Waals surface area contributed by atoms with Gasteiger partial charge in [0.1, 0.15) is 5.54 Å². The Kier molecular flexibility index (Phi) is 7.60. The van der Waals surface area contributed by atoms with Crippen LogP contribution in [-0.4, -0.2) is 46.2 Å². The Hall–Kier alpha value is -2.42.